The molecule has 150 valence electrons. The van der Waals surface area contributed by atoms with Crippen molar-refractivity contribution < 1.29 is 13.2 Å². The van der Waals surface area contributed by atoms with Crippen molar-refractivity contribution in [2.45, 2.75) is 37.6 Å². The maximum atomic E-state index is 13.4. The summed E-state index contributed by atoms with van der Waals surface area (Å²) in [6.45, 7) is 4.23. The summed E-state index contributed by atoms with van der Waals surface area (Å²) in [5.74, 6) is -0.298. The SMILES string of the molecule is Cc1cccc(NC(=O)[C@@H]2CCCN2S(=O)(=O)c2cccc3cccnc23)c1C. The number of aromatic nitrogens is 1. The lowest BCUT2D eigenvalue weighted by molar-refractivity contribution is -0.119. The van der Waals surface area contributed by atoms with Gasteiger partial charge in [0.2, 0.25) is 15.9 Å². The number of hydrogen-bond acceptors (Lipinski definition) is 4. The standard InChI is InChI=1S/C22H23N3O3S/c1-15-7-3-10-18(16(15)2)24-22(26)19-11-6-14-25(19)29(27,28)20-12-4-8-17-9-5-13-23-21(17)20/h3-5,7-10,12-13,19H,6,11,14H2,1-2H3,(H,24,26)/t19-/m0/s1. The number of para-hydroxylation sites is 1. The third-order valence-electron chi connectivity index (χ3n) is 5.55. The highest BCUT2D eigenvalue weighted by Gasteiger charge is 2.40. The molecule has 1 fully saturated rings. The lowest BCUT2D eigenvalue weighted by Gasteiger charge is -2.24. The van der Waals surface area contributed by atoms with Crippen molar-refractivity contribution in [2.24, 2.45) is 0 Å². The van der Waals surface area contributed by atoms with Gasteiger partial charge >= 0.3 is 0 Å². The Hall–Kier alpha value is -2.77. The van der Waals surface area contributed by atoms with Crippen LogP contribution in [0.1, 0.15) is 24.0 Å². The van der Waals surface area contributed by atoms with Gasteiger partial charge in [-0.3, -0.25) is 9.78 Å². The molecule has 0 unspecified atom stereocenters. The fourth-order valence-electron chi connectivity index (χ4n) is 3.80. The van der Waals surface area contributed by atoms with Crippen molar-refractivity contribution in [1.82, 2.24) is 9.29 Å². The van der Waals surface area contributed by atoms with Gasteiger partial charge in [0, 0.05) is 23.8 Å². The number of fused-ring (bicyclic) bond motifs is 1. The first kappa shape index (κ1) is 19.5. The van der Waals surface area contributed by atoms with Crippen LogP contribution in [0.5, 0.6) is 0 Å². The zero-order valence-corrected chi connectivity index (χ0v) is 17.2. The number of amides is 1. The Kier molecular flexibility index (Phi) is 5.10. The molecule has 7 heteroatoms. The molecule has 1 atom stereocenters. The number of aryl methyl sites for hydroxylation is 1. The zero-order valence-electron chi connectivity index (χ0n) is 16.4. The van der Waals surface area contributed by atoms with Crippen LogP contribution in [0, 0.1) is 13.8 Å². The molecule has 1 amide bonds. The van der Waals surface area contributed by atoms with E-state index in [9.17, 15) is 13.2 Å². The van der Waals surface area contributed by atoms with E-state index in [1.807, 2.05) is 44.2 Å². The second-order valence-electron chi connectivity index (χ2n) is 7.34. The Morgan fingerprint density at radius 3 is 2.69 bits per heavy atom. The van der Waals surface area contributed by atoms with Gasteiger partial charge in [-0.2, -0.15) is 4.31 Å². The summed E-state index contributed by atoms with van der Waals surface area (Å²) in [6.07, 6.45) is 2.71. The summed E-state index contributed by atoms with van der Waals surface area (Å²) >= 11 is 0. The Bertz CT molecular complexity index is 1190. The number of rotatable bonds is 4. The second kappa shape index (κ2) is 7.57. The summed E-state index contributed by atoms with van der Waals surface area (Å²) < 4.78 is 28.2. The predicted molar refractivity (Wildman–Crippen MR) is 113 cm³/mol. The molecule has 2 heterocycles. The first-order valence-electron chi connectivity index (χ1n) is 9.62. The fraction of sp³-hybridized carbons (Fsp3) is 0.273. The molecule has 4 rings (SSSR count). The van der Waals surface area contributed by atoms with Gasteiger partial charge in [-0.05, 0) is 56.0 Å². The van der Waals surface area contributed by atoms with Crippen molar-refractivity contribution in [1.29, 1.82) is 0 Å². The normalized spacial score (nSPS) is 17.5. The summed E-state index contributed by atoms with van der Waals surface area (Å²) in [5, 5.41) is 3.68. The molecule has 29 heavy (non-hydrogen) atoms. The minimum atomic E-state index is -3.86. The third kappa shape index (κ3) is 3.52. The van der Waals surface area contributed by atoms with E-state index in [-0.39, 0.29) is 10.8 Å². The molecule has 1 aromatic heterocycles. The molecule has 3 aromatic rings. The molecule has 0 aliphatic carbocycles. The van der Waals surface area contributed by atoms with Crippen LogP contribution in [0.25, 0.3) is 10.9 Å². The van der Waals surface area contributed by atoms with E-state index in [2.05, 4.69) is 10.3 Å². The quantitative estimate of drug-likeness (QED) is 0.713. The predicted octanol–water partition coefficient (Wildman–Crippen LogP) is 3.64. The molecule has 0 spiro atoms. The van der Waals surface area contributed by atoms with Crippen LogP contribution < -0.4 is 5.32 Å². The molecule has 1 N–H and O–H groups in total. The van der Waals surface area contributed by atoms with Crippen LogP contribution in [0.2, 0.25) is 0 Å². The highest BCUT2D eigenvalue weighted by atomic mass is 32.2. The summed E-state index contributed by atoms with van der Waals surface area (Å²) in [7, 11) is -3.86. The minimum Gasteiger partial charge on any atom is -0.324 e. The molecule has 1 saturated heterocycles. The van der Waals surface area contributed by atoms with Crippen molar-refractivity contribution >= 4 is 32.5 Å². The lowest BCUT2D eigenvalue weighted by atomic mass is 10.1. The molecule has 6 nitrogen and oxygen atoms in total. The van der Waals surface area contributed by atoms with E-state index < -0.39 is 16.1 Å². The summed E-state index contributed by atoms with van der Waals surface area (Å²) in [4.78, 5) is 17.4. The Morgan fingerprint density at radius 2 is 1.86 bits per heavy atom. The number of anilines is 1. The maximum absolute atomic E-state index is 13.4. The van der Waals surface area contributed by atoms with Crippen LogP contribution in [-0.4, -0.2) is 36.2 Å². The number of carbonyl (C=O) groups is 1. The van der Waals surface area contributed by atoms with Crippen LogP contribution in [0.3, 0.4) is 0 Å². The van der Waals surface area contributed by atoms with E-state index in [1.165, 1.54) is 4.31 Å². The average Bonchev–Trinajstić information content (AvgIpc) is 3.22. The molecule has 0 bridgehead atoms. The first-order chi connectivity index (χ1) is 13.9. The second-order valence-corrected chi connectivity index (χ2v) is 9.20. The van der Waals surface area contributed by atoms with Gasteiger partial charge in [0.25, 0.3) is 0 Å². The van der Waals surface area contributed by atoms with Gasteiger partial charge < -0.3 is 5.32 Å². The van der Waals surface area contributed by atoms with Crippen LogP contribution in [-0.2, 0) is 14.8 Å². The third-order valence-corrected chi connectivity index (χ3v) is 7.49. The minimum absolute atomic E-state index is 0.141. The highest BCUT2D eigenvalue weighted by molar-refractivity contribution is 7.89. The number of nitrogens with zero attached hydrogens (tertiary/aromatic N) is 2. The number of benzene rings is 2. The van der Waals surface area contributed by atoms with Crippen molar-refractivity contribution in [2.75, 3.05) is 11.9 Å². The van der Waals surface area contributed by atoms with Gasteiger partial charge in [0.1, 0.15) is 10.9 Å². The van der Waals surface area contributed by atoms with Gasteiger partial charge in [0.15, 0.2) is 0 Å². The van der Waals surface area contributed by atoms with E-state index >= 15 is 0 Å². The van der Waals surface area contributed by atoms with E-state index in [0.29, 0.717) is 30.6 Å². The van der Waals surface area contributed by atoms with Gasteiger partial charge in [-0.25, -0.2) is 8.42 Å². The molecule has 1 aliphatic rings. The number of nitrogens with one attached hydrogen (secondary N) is 1. The fourth-order valence-corrected chi connectivity index (χ4v) is 5.63. The zero-order chi connectivity index (χ0) is 20.6. The molecule has 1 aliphatic heterocycles. The topological polar surface area (TPSA) is 79.4 Å². The molecule has 0 radical (unpaired) electrons. The Morgan fingerprint density at radius 1 is 1.10 bits per heavy atom. The van der Waals surface area contributed by atoms with Gasteiger partial charge in [0.05, 0.1) is 5.52 Å². The summed E-state index contributed by atoms with van der Waals surface area (Å²) in [6, 6.07) is 13.7. The van der Waals surface area contributed by atoms with E-state index in [0.717, 1.165) is 16.5 Å². The van der Waals surface area contributed by atoms with Gasteiger partial charge in [-0.15, -0.1) is 0 Å². The molecular weight excluding hydrogens is 386 g/mol. The lowest BCUT2D eigenvalue weighted by Crippen LogP contribution is -2.43. The van der Waals surface area contributed by atoms with Gasteiger partial charge in [-0.1, -0.05) is 30.3 Å². The largest absolute Gasteiger partial charge is 0.324 e. The smallest absolute Gasteiger partial charge is 0.245 e. The number of sulfonamides is 1. The number of carbonyl (C=O) groups excluding carboxylic acids is 1. The maximum Gasteiger partial charge on any atom is 0.245 e. The Balaban J connectivity index is 1.67. The van der Waals surface area contributed by atoms with Crippen molar-refractivity contribution in [3.8, 4) is 0 Å². The average molecular weight is 410 g/mol. The van der Waals surface area contributed by atoms with E-state index in [4.69, 9.17) is 0 Å². The van der Waals surface area contributed by atoms with Crippen LogP contribution >= 0.6 is 0 Å². The molecule has 2 aromatic carbocycles. The monoisotopic (exact) mass is 409 g/mol. The van der Waals surface area contributed by atoms with Crippen LogP contribution in [0.4, 0.5) is 5.69 Å². The van der Waals surface area contributed by atoms with Crippen molar-refractivity contribution in [3.63, 3.8) is 0 Å². The van der Waals surface area contributed by atoms with E-state index in [1.54, 1.807) is 24.4 Å². The molecule has 0 saturated carbocycles. The Labute approximate surface area is 170 Å². The molecular formula is C22H23N3O3S. The first-order valence-corrected chi connectivity index (χ1v) is 11.1. The summed E-state index contributed by atoms with van der Waals surface area (Å²) in [5.41, 5.74) is 3.19. The number of hydrogen-bond donors (Lipinski definition) is 1. The number of pyridine rings is 1. The van der Waals surface area contributed by atoms with Crippen molar-refractivity contribution in [3.05, 3.63) is 65.9 Å². The highest BCUT2D eigenvalue weighted by Crippen LogP contribution is 2.30. The van der Waals surface area contributed by atoms with Crippen LogP contribution in [0.15, 0.2) is 59.6 Å².